The molecule has 1 aliphatic rings. The van der Waals surface area contributed by atoms with Crippen LogP contribution < -0.4 is 0 Å². The minimum atomic E-state index is -0.467. The Labute approximate surface area is 198 Å². The van der Waals surface area contributed by atoms with Crippen molar-refractivity contribution in [1.29, 1.82) is 0 Å². The van der Waals surface area contributed by atoms with Gasteiger partial charge in [0.1, 0.15) is 6.04 Å². The summed E-state index contributed by atoms with van der Waals surface area (Å²) in [6.07, 6.45) is 20.9. The first-order valence-corrected chi connectivity index (χ1v) is 13.7. The number of amides is 1. The van der Waals surface area contributed by atoms with Crippen LogP contribution >= 0.6 is 0 Å². The molecule has 0 spiro atoms. The second kappa shape index (κ2) is 19.2. The van der Waals surface area contributed by atoms with E-state index in [-0.39, 0.29) is 18.0 Å². The van der Waals surface area contributed by atoms with Crippen molar-refractivity contribution in [2.45, 2.75) is 136 Å². The van der Waals surface area contributed by atoms with Gasteiger partial charge in [-0.3, -0.25) is 4.90 Å². The molecule has 0 bridgehead atoms. The van der Waals surface area contributed by atoms with Crippen LogP contribution in [0.25, 0.3) is 0 Å². The van der Waals surface area contributed by atoms with E-state index in [0.29, 0.717) is 26.2 Å². The molecule has 188 valence electrons. The first-order valence-electron chi connectivity index (χ1n) is 13.7. The summed E-state index contributed by atoms with van der Waals surface area (Å²) in [5.41, 5.74) is 0. The number of unbranched alkanes of at least 4 members (excludes halogenated alkanes) is 14. The molecule has 0 radical (unpaired) electrons. The monoisotopic (exact) mass is 453 g/mol. The molecular weight excluding hydrogens is 402 g/mol. The lowest BCUT2D eigenvalue weighted by atomic mass is 10.0. The largest absolute Gasteiger partial charge is 0.464 e. The number of carbonyl (C=O) groups is 2. The highest BCUT2D eigenvalue weighted by molar-refractivity contribution is 5.82. The third kappa shape index (κ3) is 14.0. The van der Waals surface area contributed by atoms with Crippen molar-refractivity contribution >= 4 is 12.1 Å². The topological polar surface area (TPSA) is 55.8 Å². The minimum Gasteiger partial charge on any atom is -0.464 e. The van der Waals surface area contributed by atoms with Gasteiger partial charge in [0.05, 0.1) is 13.2 Å². The molecular formula is C27H51NO4. The number of hydrogen-bond acceptors (Lipinski definition) is 4. The fourth-order valence-electron chi connectivity index (χ4n) is 4.29. The van der Waals surface area contributed by atoms with Gasteiger partial charge in [-0.1, -0.05) is 111 Å². The van der Waals surface area contributed by atoms with Gasteiger partial charge in [-0.25, -0.2) is 9.59 Å². The Hall–Kier alpha value is -1.26. The first-order chi connectivity index (χ1) is 15.6. The highest BCUT2D eigenvalue weighted by atomic mass is 16.6. The van der Waals surface area contributed by atoms with Crippen molar-refractivity contribution in [3.8, 4) is 0 Å². The Morgan fingerprint density at radius 3 is 1.78 bits per heavy atom. The van der Waals surface area contributed by atoms with Gasteiger partial charge >= 0.3 is 12.1 Å². The number of carbonyl (C=O) groups excluding carboxylic acids is 2. The zero-order valence-corrected chi connectivity index (χ0v) is 21.4. The van der Waals surface area contributed by atoms with Crippen LogP contribution in [0.2, 0.25) is 0 Å². The molecule has 0 saturated carbocycles. The standard InChI is InChI=1S/C27H51NO4/c1-4-5-6-7-8-9-10-11-12-13-14-15-16-17-18-22-31-26(29)25-20-19-21-28(25)27(30)32-23-24(2)3/h24-25H,4-23H2,1-3H3. The van der Waals surface area contributed by atoms with E-state index in [2.05, 4.69) is 6.92 Å². The van der Waals surface area contributed by atoms with Crippen LogP contribution in [0.1, 0.15) is 130 Å². The van der Waals surface area contributed by atoms with Gasteiger partial charge in [-0.05, 0) is 25.2 Å². The molecule has 0 aromatic rings. The van der Waals surface area contributed by atoms with E-state index in [1.165, 1.54) is 88.4 Å². The Morgan fingerprint density at radius 2 is 1.28 bits per heavy atom. The smallest absolute Gasteiger partial charge is 0.410 e. The molecule has 5 nitrogen and oxygen atoms in total. The summed E-state index contributed by atoms with van der Waals surface area (Å²) in [7, 11) is 0. The number of hydrogen-bond donors (Lipinski definition) is 0. The van der Waals surface area contributed by atoms with E-state index in [1.807, 2.05) is 13.8 Å². The predicted molar refractivity (Wildman–Crippen MR) is 132 cm³/mol. The molecule has 1 atom stereocenters. The van der Waals surface area contributed by atoms with Crippen molar-refractivity contribution in [1.82, 2.24) is 4.90 Å². The van der Waals surface area contributed by atoms with Gasteiger partial charge in [0, 0.05) is 6.54 Å². The summed E-state index contributed by atoms with van der Waals surface area (Å²) in [5, 5.41) is 0. The van der Waals surface area contributed by atoms with Crippen LogP contribution in [0.3, 0.4) is 0 Å². The molecule has 0 N–H and O–H groups in total. The van der Waals surface area contributed by atoms with Crippen LogP contribution in [0.5, 0.6) is 0 Å². The maximum Gasteiger partial charge on any atom is 0.410 e. The Bertz CT molecular complexity index is 480. The van der Waals surface area contributed by atoms with E-state index < -0.39 is 6.04 Å². The average molecular weight is 454 g/mol. The summed E-state index contributed by atoms with van der Waals surface area (Å²) in [6, 6.07) is -0.467. The van der Waals surface area contributed by atoms with Crippen molar-refractivity contribution < 1.29 is 19.1 Å². The number of nitrogens with zero attached hydrogens (tertiary/aromatic N) is 1. The lowest BCUT2D eigenvalue weighted by Crippen LogP contribution is -2.42. The fourth-order valence-corrected chi connectivity index (χ4v) is 4.29. The molecule has 1 unspecified atom stereocenters. The lowest BCUT2D eigenvalue weighted by molar-refractivity contribution is -0.148. The molecule has 0 aromatic carbocycles. The quantitative estimate of drug-likeness (QED) is 0.149. The normalized spacial score (nSPS) is 16.0. The van der Waals surface area contributed by atoms with Gasteiger partial charge in [0.2, 0.25) is 0 Å². The summed E-state index contributed by atoms with van der Waals surface area (Å²) >= 11 is 0. The van der Waals surface area contributed by atoms with Crippen LogP contribution in [0.15, 0.2) is 0 Å². The fraction of sp³-hybridized carbons (Fsp3) is 0.926. The zero-order valence-electron chi connectivity index (χ0n) is 21.4. The number of esters is 1. The van der Waals surface area contributed by atoms with Crippen molar-refractivity contribution in [2.75, 3.05) is 19.8 Å². The Kier molecular flexibility index (Phi) is 17.3. The third-order valence-corrected chi connectivity index (χ3v) is 6.29. The van der Waals surface area contributed by atoms with Crippen LogP contribution in [-0.4, -0.2) is 42.8 Å². The number of ether oxygens (including phenoxy) is 2. The van der Waals surface area contributed by atoms with Crippen molar-refractivity contribution in [3.63, 3.8) is 0 Å². The summed E-state index contributed by atoms with van der Waals surface area (Å²) in [4.78, 5) is 26.1. The van der Waals surface area contributed by atoms with Gasteiger partial charge < -0.3 is 9.47 Å². The highest BCUT2D eigenvalue weighted by Crippen LogP contribution is 2.20. The highest BCUT2D eigenvalue weighted by Gasteiger charge is 2.36. The second-order valence-corrected chi connectivity index (χ2v) is 9.94. The Balaban J connectivity index is 1.93. The van der Waals surface area contributed by atoms with E-state index >= 15 is 0 Å². The summed E-state index contributed by atoms with van der Waals surface area (Å²) in [6.45, 7) is 7.70. The second-order valence-electron chi connectivity index (χ2n) is 9.94. The van der Waals surface area contributed by atoms with E-state index in [1.54, 1.807) is 0 Å². The molecule has 32 heavy (non-hydrogen) atoms. The third-order valence-electron chi connectivity index (χ3n) is 6.29. The maximum absolute atomic E-state index is 12.4. The van der Waals surface area contributed by atoms with Gasteiger partial charge in [-0.15, -0.1) is 0 Å². The summed E-state index contributed by atoms with van der Waals surface area (Å²) < 4.78 is 10.7. The molecule has 1 rings (SSSR count). The van der Waals surface area contributed by atoms with Crippen molar-refractivity contribution in [3.05, 3.63) is 0 Å². The predicted octanol–water partition coefficient (Wildman–Crippen LogP) is 7.66. The molecule has 5 heteroatoms. The first kappa shape index (κ1) is 28.8. The minimum absolute atomic E-state index is 0.269. The van der Waals surface area contributed by atoms with Gasteiger partial charge in [0.25, 0.3) is 0 Å². The van der Waals surface area contributed by atoms with Crippen LogP contribution in [0.4, 0.5) is 4.79 Å². The van der Waals surface area contributed by atoms with Gasteiger partial charge in [0.15, 0.2) is 0 Å². The number of likely N-dealkylation sites (tertiary alicyclic amines) is 1. The van der Waals surface area contributed by atoms with E-state index in [4.69, 9.17) is 9.47 Å². The molecule has 0 aromatic heterocycles. The molecule has 0 aliphatic carbocycles. The Morgan fingerprint density at radius 1 is 0.781 bits per heavy atom. The van der Waals surface area contributed by atoms with Gasteiger partial charge in [-0.2, -0.15) is 0 Å². The SMILES string of the molecule is CCCCCCCCCCCCCCCCCOC(=O)C1CCCN1C(=O)OCC(C)C. The van der Waals surface area contributed by atoms with E-state index in [9.17, 15) is 9.59 Å². The summed E-state index contributed by atoms with van der Waals surface area (Å²) in [5.74, 6) is 0.0198. The van der Waals surface area contributed by atoms with Crippen LogP contribution in [0, 0.1) is 5.92 Å². The van der Waals surface area contributed by atoms with Crippen LogP contribution in [-0.2, 0) is 14.3 Å². The van der Waals surface area contributed by atoms with Crippen molar-refractivity contribution in [2.24, 2.45) is 5.92 Å². The molecule has 1 fully saturated rings. The lowest BCUT2D eigenvalue weighted by Gasteiger charge is -2.23. The number of rotatable bonds is 19. The molecule has 1 amide bonds. The molecule has 1 heterocycles. The zero-order chi connectivity index (χ0) is 23.4. The average Bonchev–Trinajstić information content (AvgIpc) is 3.27. The molecule has 1 aliphatic heterocycles. The maximum atomic E-state index is 12.4. The van der Waals surface area contributed by atoms with E-state index in [0.717, 1.165) is 19.3 Å². The molecule has 1 saturated heterocycles.